The Hall–Kier alpha value is -2.75. The van der Waals surface area contributed by atoms with E-state index in [2.05, 4.69) is 31.1 Å². The van der Waals surface area contributed by atoms with Crippen molar-refractivity contribution in [3.63, 3.8) is 0 Å². The van der Waals surface area contributed by atoms with Crippen LogP contribution in [0.1, 0.15) is 35.6 Å². The maximum Gasteiger partial charge on any atom is 0.125 e. The van der Waals surface area contributed by atoms with Crippen LogP contribution >= 0.6 is 0 Å². The fraction of sp³-hybridized carbons (Fsp3) is 0.348. The third-order valence-corrected chi connectivity index (χ3v) is 4.13. The zero-order chi connectivity index (χ0) is 19.5. The Labute approximate surface area is 162 Å². The zero-order valence-electron chi connectivity index (χ0n) is 16.7. The molecular formula is C23H29NO3. The lowest BCUT2D eigenvalue weighted by atomic mass is 10.1. The second kappa shape index (κ2) is 11.1. The molecule has 4 nitrogen and oxygen atoms in total. The van der Waals surface area contributed by atoms with Gasteiger partial charge in [-0.25, -0.2) is 0 Å². The van der Waals surface area contributed by atoms with E-state index in [1.54, 1.807) is 13.3 Å². The highest BCUT2D eigenvalue weighted by Crippen LogP contribution is 2.28. The molecule has 0 aliphatic carbocycles. The highest BCUT2D eigenvalue weighted by Gasteiger charge is 2.07. The fourth-order valence-corrected chi connectivity index (χ4v) is 2.86. The van der Waals surface area contributed by atoms with Crippen molar-refractivity contribution in [3.05, 3.63) is 70.8 Å². The Morgan fingerprint density at radius 1 is 1.04 bits per heavy atom. The summed E-state index contributed by atoms with van der Waals surface area (Å²) < 4.78 is 11.8. The van der Waals surface area contributed by atoms with Gasteiger partial charge in [0, 0.05) is 0 Å². The summed E-state index contributed by atoms with van der Waals surface area (Å²) in [5.41, 5.74) is 4.50. The summed E-state index contributed by atoms with van der Waals surface area (Å²) in [5.74, 6) is 1.83. The van der Waals surface area contributed by atoms with Gasteiger partial charge in [-0.1, -0.05) is 41.6 Å². The Kier molecular flexibility index (Phi) is 8.43. The van der Waals surface area contributed by atoms with Crippen LogP contribution in [0.4, 0.5) is 0 Å². The van der Waals surface area contributed by atoms with Gasteiger partial charge in [0.2, 0.25) is 0 Å². The van der Waals surface area contributed by atoms with Crippen molar-refractivity contribution in [2.75, 3.05) is 20.3 Å². The summed E-state index contributed by atoms with van der Waals surface area (Å²) >= 11 is 0. The first-order valence-electron chi connectivity index (χ1n) is 9.27. The quantitative estimate of drug-likeness (QED) is 0.249. The molecule has 2 aromatic carbocycles. The van der Waals surface area contributed by atoms with Crippen LogP contribution in [0.2, 0.25) is 0 Å². The van der Waals surface area contributed by atoms with Crippen molar-refractivity contribution in [1.82, 2.24) is 0 Å². The predicted molar refractivity (Wildman–Crippen MR) is 111 cm³/mol. The van der Waals surface area contributed by atoms with Gasteiger partial charge >= 0.3 is 0 Å². The molecule has 0 aromatic heterocycles. The molecule has 27 heavy (non-hydrogen) atoms. The number of hydrogen-bond acceptors (Lipinski definition) is 4. The number of aryl methyl sites for hydroxylation is 3. The average Bonchev–Trinajstić information content (AvgIpc) is 2.66. The Balaban J connectivity index is 1.87. The van der Waals surface area contributed by atoms with E-state index in [9.17, 15) is 0 Å². The van der Waals surface area contributed by atoms with E-state index in [1.807, 2.05) is 43.3 Å². The first-order chi connectivity index (χ1) is 13.1. The van der Waals surface area contributed by atoms with Gasteiger partial charge in [0.1, 0.15) is 25.2 Å². The summed E-state index contributed by atoms with van der Waals surface area (Å²) in [6.45, 7) is 7.37. The highest BCUT2D eigenvalue weighted by molar-refractivity contribution is 5.79. The van der Waals surface area contributed by atoms with Crippen LogP contribution in [-0.2, 0) is 11.3 Å². The Morgan fingerprint density at radius 2 is 1.81 bits per heavy atom. The van der Waals surface area contributed by atoms with Crippen LogP contribution in [0.15, 0.2) is 53.7 Å². The molecule has 0 N–H and O–H groups in total. The van der Waals surface area contributed by atoms with Gasteiger partial charge in [0.05, 0.1) is 12.8 Å². The van der Waals surface area contributed by atoms with Crippen LogP contribution in [0.25, 0.3) is 0 Å². The van der Waals surface area contributed by atoms with Crippen molar-refractivity contribution in [2.24, 2.45) is 5.16 Å². The molecule has 0 fully saturated rings. The topological polar surface area (TPSA) is 40.0 Å². The minimum absolute atomic E-state index is 0.587. The summed E-state index contributed by atoms with van der Waals surface area (Å²) in [6.07, 6.45) is 7.59. The third kappa shape index (κ3) is 6.81. The molecule has 2 aromatic rings. The number of oxime groups is 1. The van der Waals surface area contributed by atoms with Gasteiger partial charge < -0.3 is 14.3 Å². The molecule has 0 spiro atoms. The van der Waals surface area contributed by atoms with Crippen LogP contribution in [0, 0.1) is 13.8 Å². The maximum atomic E-state index is 6.05. The first kappa shape index (κ1) is 20.6. The monoisotopic (exact) mass is 367 g/mol. The Bertz CT molecular complexity index is 758. The number of nitrogens with zero attached hydrogens (tertiary/aromatic N) is 1. The summed E-state index contributed by atoms with van der Waals surface area (Å²) in [6, 6.07) is 12.4. The molecule has 4 heteroatoms. The van der Waals surface area contributed by atoms with E-state index in [0.29, 0.717) is 13.2 Å². The molecular weight excluding hydrogens is 338 g/mol. The standard InChI is InChI=1S/C23H29NO3/c1-5-6-12-26-22-14-18(2)23(19(3)15-22)27-13-8-11-20-9-7-10-21(16-20)17-24-25-4/h5-7,9-10,14-17H,8,11-13H2,1-4H3/b6-5+,24-17+. The van der Waals surface area contributed by atoms with Crippen molar-refractivity contribution < 1.29 is 14.3 Å². The molecule has 0 saturated heterocycles. The van der Waals surface area contributed by atoms with Crippen molar-refractivity contribution >= 4 is 6.21 Å². The predicted octanol–water partition coefficient (Wildman–Crippen LogP) is 5.25. The normalized spacial score (nSPS) is 11.3. The van der Waals surface area contributed by atoms with Crippen molar-refractivity contribution in [1.29, 1.82) is 0 Å². The van der Waals surface area contributed by atoms with E-state index in [1.165, 1.54) is 5.56 Å². The van der Waals surface area contributed by atoms with E-state index in [0.717, 1.165) is 41.0 Å². The molecule has 0 unspecified atom stereocenters. The van der Waals surface area contributed by atoms with Crippen LogP contribution in [-0.4, -0.2) is 26.5 Å². The van der Waals surface area contributed by atoms with Gasteiger partial charge in [-0.2, -0.15) is 0 Å². The van der Waals surface area contributed by atoms with E-state index < -0.39 is 0 Å². The number of rotatable bonds is 10. The first-order valence-corrected chi connectivity index (χ1v) is 9.27. The van der Waals surface area contributed by atoms with Gasteiger partial charge in [-0.3, -0.25) is 0 Å². The summed E-state index contributed by atoms with van der Waals surface area (Å²) in [7, 11) is 1.54. The lowest BCUT2D eigenvalue weighted by Crippen LogP contribution is -2.03. The second-order valence-corrected chi connectivity index (χ2v) is 6.38. The molecule has 0 radical (unpaired) electrons. The lowest BCUT2D eigenvalue weighted by Gasteiger charge is -2.14. The Morgan fingerprint density at radius 3 is 2.52 bits per heavy atom. The van der Waals surface area contributed by atoms with E-state index in [-0.39, 0.29) is 0 Å². The fourth-order valence-electron chi connectivity index (χ4n) is 2.86. The smallest absolute Gasteiger partial charge is 0.125 e. The number of hydrogen-bond donors (Lipinski definition) is 0. The van der Waals surface area contributed by atoms with E-state index in [4.69, 9.17) is 14.3 Å². The zero-order valence-corrected chi connectivity index (χ0v) is 16.7. The second-order valence-electron chi connectivity index (χ2n) is 6.38. The van der Waals surface area contributed by atoms with Crippen LogP contribution in [0.5, 0.6) is 11.5 Å². The van der Waals surface area contributed by atoms with Crippen LogP contribution < -0.4 is 9.47 Å². The maximum absolute atomic E-state index is 6.05. The van der Waals surface area contributed by atoms with Crippen molar-refractivity contribution in [3.8, 4) is 11.5 Å². The number of ether oxygens (including phenoxy) is 2. The molecule has 0 saturated carbocycles. The molecule has 0 aliphatic rings. The van der Waals surface area contributed by atoms with Gasteiger partial charge in [-0.05, 0) is 68.0 Å². The minimum atomic E-state index is 0.587. The number of allylic oxidation sites excluding steroid dienone is 1. The highest BCUT2D eigenvalue weighted by atomic mass is 16.6. The molecule has 0 heterocycles. The lowest BCUT2D eigenvalue weighted by molar-refractivity contribution is 0.215. The average molecular weight is 367 g/mol. The molecule has 0 amide bonds. The largest absolute Gasteiger partial charge is 0.493 e. The minimum Gasteiger partial charge on any atom is -0.493 e. The summed E-state index contributed by atoms with van der Waals surface area (Å²) in [5, 5.41) is 3.81. The molecule has 0 aliphatic heterocycles. The third-order valence-electron chi connectivity index (χ3n) is 4.13. The van der Waals surface area contributed by atoms with Crippen LogP contribution in [0.3, 0.4) is 0 Å². The van der Waals surface area contributed by atoms with Gasteiger partial charge in [0.15, 0.2) is 0 Å². The molecule has 144 valence electrons. The molecule has 2 rings (SSSR count). The number of benzene rings is 2. The van der Waals surface area contributed by atoms with Gasteiger partial charge in [0.25, 0.3) is 0 Å². The van der Waals surface area contributed by atoms with Crippen molar-refractivity contribution in [2.45, 2.75) is 33.6 Å². The van der Waals surface area contributed by atoms with Gasteiger partial charge in [-0.15, -0.1) is 0 Å². The SMILES string of the molecule is C/C=C/COc1cc(C)c(OCCCc2cccc(/C=N/OC)c2)c(C)c1. The summed E-state index contributed by atoms with van der Waals surface area (Å²) in [4.78, 5) is 4.73. The molecule has 0 atom stereocenters. The molecule has 0 bridgehead atoms. The van der Waals surface area contributed by atoms with E-state index >= 15 is 0 Å².